The Labute approximate surface area is 120 Å². The van der Waals surface area contributed by atoms with Gasteiger partial charge in [0.25, 0.3) is 21.6 Å². The van der Waals surface area contributed by atoms with Crippen LogP contribution in [0.3, 0.4) is 0 Å². The van der Waals surface area contributed by atoms with Crippen molar-refractivity contribution in [3.63, 3.8) is 0 Å². The normalized spacial score (nSPS) is 17.6. The summed E-state index contributed by atoms with van der Waals surface area (Å²) >= 11 is 0. The first-order chi connectivity index (χ1) is 9.78. The van der Waals surface area contributed by atoms with Crippen molar-refractivity contribution in [3.8, 4) is 0 Å². The molecule has 0 radical (unpaired) electrons. The fourth-order valence-corrected chi connectivity index (χ4v) is 3.65. The molecule has 1 aromatic carbocycles. The van der Waals surface area contributed by atoms with Gasteiger partial charge in [0.15, 0.2) is 0 Å². The number of hydrogen-bond donors (Lipinski definition) is 2. The number of likely N-dealkylation sites (N-methyl/N-ethyl adjacent to an activating group) is 1. The summed E-state index contributed by atoms with van der Waals surface area (Å²) in [5.74, 6) is -0.871. The lowest BCUT2D eigenvalue weighted by Crippen LogP contribution is -2.40. The zero-order valence-corrected chi connectivity index (χ0v) is 11.8. The summed E-state index contributed by atoms with van der Waals surface area (Å²) in [6.07, 6.45) is -1.07. The first kappa shape index (κ1) is 15.4. The molecule has 9 nitrogen and oxygen atoms in total. The average Bonchev–Trinajstić information content (AvgIpc) is 2.60. The smallest absolute Gasteiger partial charge is 0.270 e. The molecule has 1 aliphatic rings. The SMILES string of the molecule is CNCC(O)CN1C(=O)c2cc([N+](=O)[O-])ccc2S1(=O)=O. The minimum atomic E-state index is -4.08. The number of rotatable bonds is 5. The maximum atomic E-state index is 12.2. The predicted molar refractivity (Wildman–Crippen MR) is 71.3 cm³/mol. The highest BCUT2D eigenvalue weighted by atomic mass is 32.2. The predicted octanol–water partition coefficient (Wildman–Crippen LogP) is -0.680. The number of amides is 1. The Hall–Kier alpha value is -2.04. The molecule has 1 amide bonds. The van der Waals surface area contributed by atoms with Gasteiger partial charge in [-0.1, -0.05) is 0 Å². The molecule has 1 unspecified atom stereocenters. The molecule has 0 saturated heterocycles. The van der Waals surface area contributed by atoms with E-state index in [9.17, 15) is 28.4 Å². The standard InChI is InChI=1S/C11H13N3O6S/c1-12-5-8(15)6-13-11(16)9-4-7(14(17)18)2-3-10(9)21(13,19)20/h2-4,8,12,15H,5-6H2,1H3. The lowest BCUT2D eigenvalue weighted by molar-refractivity contribution is -0.384. The van der Waals surface area contributed by atoms with Crippen LogP contribution in [0.15, 0.2) is 23.1 Å². The van der Waals surface area contributed by atoms with Gasteiger partial charge >= 0.3 is 0 Å². The van der Waals surface area contributed by atoms with Crippen molar-refractivity contribution in [2.45, 2.75) is 11.0 Å². The number of benzene rings is 1. The summed E-state index contributed by atoms with van der Waals surface area (Å²) in [4.78, 5) is 21.8. The van der Waals surface area contributed by atoms with Crippen LogP contribution in [0.25, 0.3) is 0 Å². The van der Waals surface area contributed by atoms with Gasteiger partial charge in [0, 0.05) is 18.7 Å². The molecule has 0 saturated carbocycles. The van der Waals surface area contributed by atoms with E-state index < -0.39 is 33.5 Å². The van der Waals surface area contributed by atoms with Crippen LogP contribution in [0.1, 0.15) is 10.4 Å². The second-order valence-corrected chi connectivity index (χ2v) is 6.32. The number of nitro benzene ring substituents is 1. The summed E-state index contributed by atoms with van der Waals surface area (Å²) in [5, 5.41) is 23.0. The lowest BCUT2D eigenvalue weighted by atomic mass is 10.2. The topological polar surface area (TPSA) is 130 Å². The number of sulfonamides is 1. The summed E-state index contributed by atoms with van der Waals surface area (Å²) in [6, 6.07) is 2.99. The molecule has 0 bridgehead atoms. The number of carbonyl (C=O) groups excluding carboxylic acids is 1. The number of fused-ring (bicyclic) bond motifs is 1. The zero-order chi connectivity index (χ0) is 15.8. The van der Waals surface area contributed by atoms with Crippen LogP contribution in [0.2, 0.25) is 0 Å². The molecule has 0 fully saturated rings. The number of nitro groups is 1. The highest BCUT2D eigenvalue weighted by Crippen LogP contribution is 2.32. The van der Waals surface area contributed by atoms with E-state index in [1.165, 1.54) is 0 Å². The highest BCUT2D eigenvalue weighted by Gasteiger charge is 2.42. The van der Waals surface area contributed by atoms with Crippen LogP contribution in [0.4, 0.5) is 5.69 Å². The molecule has 0 spiro atoms. The summed E-state index contributed by atoms with van der Waals surface area (Å²) in [6.45, 7) is -0.305. The van der Waals surface area contributed by atoms with Gasteiger partial charge in [-0.25, -0.2) is 12.7 Å². The molecule has 21 heavy (non-hydrogen) atoms. The number of nitrogens with zero attached hydrogens (tertiary/aromatic N) is 2. The van der Waals surface area contributed by atoms with Crippen molar-refractivity contribution in [3.05, 3.63) is 33.9 Å². The molecule has 114 valence electrons. The Morgan fingerprint density at radius 1 is 1.48 bits per heavy atom. The number of β-amino-alcohol motifs (C(OH)–C–C–N with tert-alkyl or cyclic N) is 1. The Morgan fingerprint density at radius 3 is 2.71 bits per heavy atom. The van der Waals surface area contributed by atoms with E-state index in [2.05, 4.69) is 5.32 Å². The van der Waals surface area contributed by atoms with Gasteiger partial charge in [-0.05, 0) is 13.1 Å². The minimum absolute atomic E-state index is 0.107. The summed E-state index contributed by atoms with van der Waals surface area (Å²) in [5.41, 5.74) is -0.615. The molecule has 1 atom stereocenters. The van der Waals surface area contributed by atoms with Crippen molar-refractivity contribution in [2.75, 3.05) is 20.1 Å². The van der Waals surface area contributed by atoms with E-state index in [0.29, 0.717) is 4.31 Å². The molecule has 0 aromatic heterocycles. The molecule has 2 rings (SSSR count). The monoisotopic (exact) mass is 315 g/mol. The molecule has 1 aliphatic heterocycles. The third-order valence-electron chi connectivity index (χ3n) is 3.02. The van der Waals surface area contributed by atoms with E-state index in [1.54, 1.807) is 7.05 Å². The number of hydrogen-bond acceptors (Lipinski definition) is 7. The van der Waals surface area contributed by atoms with Crippen LogP contribution in [-0.4, -0.2) is 54.9 Å². The highest BCUT2D eigenvalue weighted by molar-refractivity contribution is 7.90. The van der Waals surface area contributed by atoms with E-state index in [4.69, 9.17) is 0 Å². The van der Waals surface area contributed by atoms with Crippen molar-refractivity contribution in [2.24, 2.45) is 0 Å². The number of nitrogens with one attached hydrogen (secondary N) is 1. The van der Waals surface area contributed by atoms with Crippen LogP contribution in [0, 0.1) is 10.1 Å². The second kappa shape index (κ2) is 5.39. The summed E-state index contributed by atoms with van der Waals surface area (Å²) in [7, 11) is -2.51. The second-order valence-electron chi connectivity index (χ2n) is 4.49. The lowest BCUT2D eigenvalue weighted by Gasteiger charge is -2.18. The largest absolute Gasteiger partial charge is 0.390 e. The van der Waals surface area contributed by atoms with Crippen LogP contribution in [0.5, 0.6) is 0 Å². The quantitative estimate of drug-likeness (QED) is 0.544. The first-order valence-electron chi connectivity index (χ1n) is 5.97. The first-order valence-corrected chi connectivity index (χ1v) is 7.41. The van der Waals surface area contributed by atoms with E-state index >= 15 is 0 Å². The fraction of sp³-hybridized carbons (Fsp3) is 0.364. The van der Waals surface area contributed by atoms with Crippen molar-refractivity contribution >= 4 is 21.6 Å². The van der Waals surface area contributed by atoms with Gasteiger partial charge in [-0.2, -0.15) is 0 Å². The Morgan fingerprint density at radius 2 is 2.14 bits per heavy atom. The number of non-ortho nitro benzene ring substituents is 1. The third kappa shape index (κ3) is 2.60. The third-order valence-corrected chi connectivity index (χ3v) is 4.82. The number of carbonyl (C=O) groups is 1. The van der Waals surface area contributed by atoms with Crippen LogP contribution in [-0.2, 0) is 10.0 Å². The van der Waals surface area contributed by atoms with Gasteiger partial charge in [-0.15, -0.1) is 0 Å². The number of aliphatic hydroxyl groups excluding tert-OH is 1. The Bertz CT molecular complexity index is 702. The maximum absolute atomic E-state index is 12.2. The van der Waals surface area contributed by atoms with Gasteiger partial charge < -0.3 is 10.4 Å². The Balaban J connectivity index is 2.42. The van der Waals surface area contributed by atoms with Crippen molar-refractivity contribution in [1.29, 1.82) is 0 Å². The fourth-order valence-electron chi connectivity index (χ4n) is 2.06. The molecule has 2 N–H and O–H groups in total. The van der Waals surface area contributed by atoms with E-state index in [-0.39, 0.29) is 22.7 Å². The van der Waals surface area contributed by atoms with Crippen LogP contribution >= 0.6 is 0 Å². The molecule has 0 aliphatic carbocycles. The van der Waals surface area contributed by atoms with Gasteiger partial charge in [0.05, 0.1) is 23.1 Å². The van der Waals surface area contributed by atoms with Gasteiger partial charge in [0.2, 0.25) is 0 Å². The number of aliphatic hydroxyl groups is 1. The van der Waals surface area contributed by atoms with Gasteiger partial charge in [0.1, 0.15) is 4.90 Å². The molecule has 1 heterocycles. The summed E-state index contributed by atoms with van der Waals surface area (Å²) < 4.78 is 25.0. The van der Waals surface area contributed by atoms with E-state index in [1.807, 2.05) is 0 Å². The van der Waals surface area contributed by atoms with Crippen molar-refractivity contribution in [1.82, 2.24) is 9.62 Å². The minimum Gasteiger partial charge on any atom is -0.390 e. The average molecular weight is 315 g/mol. The van der Waals surface area contributed by atoms with E-state index in [0.717, 1.165) is 18.2 Å². The van der Waals surface area contributed by atoms with Crippen molar-refractivity contribution < 1.29 is 23.2 Å². The zero-order valence-electron chi connectivity index (χ0n) is 11.0. The molecular weight excluding hydrogens is 302 g/mol. The Kier molecular flexibility index (Phi) is 3.94. The van der Waals surface area contributed by atoms with Crippen LogP contribution < -0.4 is 5.32 Å². The molecule has 10 heteroatoms. The maximum Gasteiger partial charge on any atom is 0.270 e. The van der Waals surface area contributed by atoms with Gasteiger partial charge in [-0.3, -0.25) is 14.9 Å². The molecular formula is C11H13N3O6S. The molecule has 1 aromatic rings.